The van der Waals surface area contributed by atoms with Gasteiger partial charge in [0.1, 0.15) is 0 Å². The first-order valence-electron chi connectivity index (χ1n) is 18.2. The van der Waals surface area contributed by atoms with Gasteiger partial charge in [0.2, 0.25) is 0 Å². The van der Waals surface area contributed by atoms with Crippen LogP contribution in [0, 0.1) is 12.2 Å². The van der Waals surface area contributed by atoms with Crippen LogP contribution < -0.4 is 24.8 Å². The van der Waals surface area contributed by atoms with Crippen molar-refractivity contribution in [3.63, 3.8) is 0 Å². The molecule has 0 radical (unpaired) electrons. The van der Waals surface area contributed by atoms with Gasteiger partial charge < -0.3 is 24.8 Å². The molecule has 10 rings (SSSR count). The molecular weight excluding hydrogens is 878 g/mol. The number of fused-ring (bicyclic) bond motifs is 6. The molecule has 0 amide bonds. The second-order valence-corrected chi connectivity index (χ2v) is 16.3. The number of benzene rings is 6. The Kier molecular flexibility index (Phi) is 21.7. The van der Waals surface area contributed by atoms with E-state index in [9.17, 15) is 0 Å². The van der Waals surface area contributed by atoms with Gasteiger partial charge in [-0.2, -0.15) is 12.2 Å². The fourth-order valence-electron chi connectivity index (χ4n) is 5.86. The first kappa shape index (κ1) is 46.5. The molecule has 2 aliphatic carbocycles. The maximum atomic E-state index is 2.99. The quantitative estimate of drug-likeness (QED) is 0.157. The van der Waals surface area contributed by atoms with Crippen LogP contribution in [-0.4, -0.2) is 6.41 Å². The number of halogens is 2. The van der Waals surface area contributed by atoms with Crippen molar-refractivity contribution in [2.24, 2.45) is 0 Å². The molecule has 0 fully saturated rings. The Balaban J connectivity index is 0.000000185. The molecule has 0 unspecified atom stereocenters. The summed E-state index contributed by atoms with van der Waals surface area (Å²) in [6.45, 7) is 4.32. The van der Waals surface area contributed by atoms with Crippen molar-refractivity contribution in [2.45, 2.75) is 26.7 Å². The SMILES string of the molecule is C[C](=[Zr+2])c1ccccc1.C[C](=[Zr+2])c1ccccc1.[C-]1=CC=CC1.[C-]1=CC=CC1.[Cl-].[Cl-].c1ccc2c(c1)[cH-]c1ccccc12.c1ccc2c(c1)[cH-]c1ccccc12. The third-order valence-corrected chi connectivity index (χ3v) is 10.0. The molecule has 56 heavy (non-hydrogen) atoms. The van der Waals surface area contributed by atoms with Crippen molar-refractivity contribution in [2.75, 3.05) is 0 Å². The summed E-state index contributed by atoms with van der Waals surface area (Å²) in [5.74, 6) is 0. The fourth-order valence-corrected chi connectivity index (χ4v) is 6.68. The van der Waals surface area contributed by atoms with Gasteiger partial charge in [-0.1, -0.05) is 72.8 Å². The molecule has 0 aromatic heterocycles. The summed E-state index contributed by atoms with van der Waals surface area (Å²) in [5.41, 5.74) is 2.74. The second-order valence-electron chi connectivity index (χ2n) is 12.6. The van der Waals surface area contributed by atoms with Crippen LogP contribution in [0.25, 0.3) is 43.1 Å². The van der Waals surface area contributed by atoms with E-state index in [-0.39, 0.29) is 24.8 Å². The van der Waals surface area contributed by atoms with E-state index in [1.165, 1.54) is 109 Å². The maximum Gasteiger partial charge on any atom is -0.0771 e. The second kappa shape index (κ2) is 26.1. The number of hydrogen-bond donors (Lipinski definition) is 0. The van der Waals surface area contributed by atoms with E-state index in [2.05, 4.69) is 196 Å². The molecule has 0 bridgehead atoms. The Morgan fingerprint density at radius 1 is 0.411 bits per heavy atom. The van der Waals surface area contributed by atoms with Gasteiger partial charge in [0.15, 0.2) is 0 Å². The summed E-state index contributed by atoms with van der Waals surface area (Å²) in [6, 6.07) is 59.5. The van der Waals surface area contributed by atoms with E-state index in [4.69, 9.17) is 0 Å². The van der Waals surface area contributed by atoms with Gasteiger partial charge in [0.05, 0.1) is 0 Å². The largest absolute Gasteiger partial charge is 1.00 e. The van der Waals surface area contributed by atoms with Gasteiger partial charge >= 0.3 is 141 Å². The molecular formula is C52H44Cl2Zr2-2. The summed E-state index contributed by atoms with van der Waals surface area (Å²) >= 11 is 3.01. The minimum atomic E-state index is 0. The zero-order valence-electron chi connectivity index (χ0n) is 31.8. The van der Waals surface area contributed by atoms with Crippen molar-refractivity contribution in [3.8, 4) is 0 Å². The summed E-state index contributed by atoms with van der Waals surface area (Å²) < 4.78 is 2.92. The molecule has 4 heteroatoms. The average molecular weight is 922 g/mol. The van der Waals surface area contributed by atoms with Crippen LogP contribution in [0.15, 0.2) is 206 Å². The van der Waals surface area contributed by atoms with Crippen LogP contribution in [0.4, 0.5) is 0 Å². The third kappa shape index (κ3) is 14.9. The molecule has 8 aromatic rings. The molecule has 0 spiro atoms. The predicted molar refractivity (Wildman–Crippen MR) is 230 cm³/mol. The van der Waals surface area contributed by atoms with Gasteiger partial charge in [-0.3, -0.25) is 12.2 Å². The summed E-state index contributed by atoms with van der Waals surface area (Å²) in [4.78, 5) is 0. The number of rotatable bonds is 2. The van der Waals surface area contributed by atoms with Gasteiger partial charge in [-0.15, -0.1) is 92.3 Å². The van der Waals surface area contributed by atoms with Crippen LogP contribution in [0.1, 0.15) is 37.8 Å². The van der Waals surface area contributed by atoms with E-state index in [1.807, 2.05) is 36.4 Å². The van der Waals surface area contributed by atoms with E-state index in [1.54, 1.807) is 0 Å². The van der Waals surface area contributed by atoms with Crippen molar-refractivity contribution < 1.29 is 73.3 Å². The standard InChI is InChI=1S/2C13H9.2C8H8.2C5H5.2ClH.2Zr/c2*1-3-7-12-10(5-1)9-11-6-2-4-8-13(11)12;2*1-2-8-6-4-3-5-7-8;2*1-2-4-5-3-1;;;;/h2*1-9H;2*3-7H,1H3;2*1-3H,4H2;2*1H;;/q2*-1;;;2*-1;;;2*+2/p-2. The fraction of sp³-hybridized carbons (Fsp3) is 0.0769. The van der Waals surface area contributed by atoms with Crippen LogP contribution in [0.2, 0.25) is 0 Å². The molecule has 0 N–H and O–H groups in total. The van der Waals surface area contributed by atoms with Crippen molar-refractivity contribution in [1.29, 1.82) is 0 Å². The van der Waals surface area contributed by atoms with E-state index < -0.39 is 0 Å². The van der Waals surface area contributed by atoms with E-state index in [0.29, 0.717) is 0 Å². The Bertz CT molecular complexity index is 2200. The molecule has 276 valence electrons. The molecule has 0 aliphatic heterocycles. The Morgan fingerprint density at radius 3 is 0.875 bits per heavy atom. The van der Waals surface area contributed by atoms with Crippen molar-refractivity contribution >= 4 is 49.5 Å². The first-order chi connectivity index (χ1) is 26.5. The topological polar surface area (TPSA) is 0 Å². The molecule has 0 atom stereocenters. The Morgan fingerprint density at radius 2 is 0.679 bits per heavy atom. The van der Waals surface area contributed by atoms with Crippen LogP contribution in [0.5, 0.6) is 0 Å². The minimum Gasteiger partial charge on any atom is -1.00 e. The maximum absolute atomic E-state index is 2.99. The third-order valence-electron chi connectivity index (χ3n) is 8.63. The Hall–Kier alpha value is -3.89. The molecule has 0 saturated heterocycles. The predicted octanol–water partition coefficient (Wildman–Crippen LogP) is 7.59. The molecule has 0 heterocycles. The summed E-state index contributed by atoms with van der Waals surface area (Å²) in [6.07, 6.45) is 20.0. The van der Waals surface area contributed by atoms with Gasteiger partial charge in [0, 0.05) is 0 Å². The Labute approximate surface area is 375 Å². The smallest absolute Gasteiger partial charge is 0.0771 e. The van der Waals surface area contributed by atoms with Crippen molar-refractivity contribution in [1.82, 2.24) is 0 Å². The first-order valence-corrected chi connectivity index (χ1v) is 20.7. The summed E-state index contributed by atoms with van der Waals surface area (Å²) in [5, 5.41) is 10.8. The zero-order valence-corrected chi connectivity index (χ0v) is 38.2. The normalized spacial score (nSPS) is 11.2. The van der Waals surface area contributed by atoms with Crippen molar-refractivity contribution in [3.05, 3.63) is 230 Å². The minimum absolute atomic E-state index is 0. The molecule has 0 saturated carbocycles. The number of hydrogen-bond acceptors (Lipinski definition) is 0. The van der Waals surface area contributed by atoms with E-state index in [0.717, 1.165) is 12.8 Å². The van der Waals surface area contributed by atoms with Gasteiger partial charge in [0.25, 0.3) is 0 Å². The monoisotopic (exact) mass is 918 g/mol. The molecule has 2 aliphatic rings. The molecule has 8 aromatic carbocycles. The molecule has 0 nitrogen and oxygen atoms in total. The summed E-state index contributed by atoms with van der Waals surface area (Å²) in [7, 11) is 0. The van der Waals surface area contributed by atoms with Gasteiger partial charge in [-0.05, 0) is 0 Å². The van der Waals surface area contributed by atoms with Crippen LogP contribution in [0.3, 0.4) is 0 Å². The number of allylic oxidation sites excluding steroid dienone is 8. The average Bonchev–Trinajstić information content (AvgIpc) is 4.08. The van der Waals surface area contributed by atoms with Gasteiger partial charge in [-0.25, -0.2) is 24.3 Å². The van der Waals surface area contributed by atoms with Crippen LogP contribution in [-0.2, 0) is 48.5 Å². The zero-order chi connectivity index (χ0) is 37.8. The van der Waals surface area contributed by atoms with E-state index >= 15 is 0 Å². The van der Waals surface area contributed by atoms with Crippen LogP contribution >= 0.6 is 0 Å².